The van der Waals surface area contributed by atoms with Crippen LogP contribution < -0.4 is 10.9 Å². The SMILES string of the molecule is Cc1cc(C)c(CNC(=O)C2CC2c2cccc(F)c2)c(=O)[nH]1. The number of aromatic nitrogens is 1. The lowest BCUT2D eigenvalue weighted by Crippen LogP contribution is -2.29. The van der Waals surface area contributed by atoms with E-state index in [0.29, 0.717) is 5.56 Å². The minimum absolute atomic E-state index is 0.0723. The summed E-state index contributed by atoms with van der Waals surface area (Å²) < 4.78 is 13.2. The fourth-order valence-corrected chi connectivity index (χ4v) is 3.00. The average Bonchev–Trinajstić information content (AvgIpc) is 3.26. The molecule has 5 heteroatoms. The topological polar surface area (TPSA) is 62.0 Å². The molecule has 0 saturated heterocycles. The molecule has 23 heavy (non-hydrogen) atoms. The Labute approximate surface area is 133 Å². The van der Waals surface area contributed by atoms with E-state index in [1.807, 2.05) is 26.0 Å². The maximum Gasteiger partial charge on any atom is 0.253 e. The first kappa shape index (κ1) is 15.5. The first-order valence-corrected chi connectivity index (χ1v) is 7.68. The molecule has 2 N–H and O–H groups in total. The van der Waals surface area contributed by atoms with Crippen LogP contribution in [0.5, 0.6) is 0 Å². The first-order chi connectivity index (χ1) is 11.0. The van der Waals surface area contributed by atoms with Crippen molar-refractivity contribution in [2.45, 2.75) is 32.7 Å². The molecule has 1 saturated carbocycles. The van der Waals surface area contributed by atoms with E-state index in [1.54, 1.807) is 6.07 Å². The van der Waals surface area contributed by atoms with E-state index in [4.69, 9.17) is 0 Å². The highest BCUT2D eigenvalue weighted by Gasteiger charge is 2.43. The van der Waals surface area contributed by atoms with E-state index in [0.717, 1.165) is 23.2 Å². The van der Waals surface area contributed by atoms with Gasteiger partial charge in [0.2, 0.25) is 5.91 Å². The molecule has 2 atom stereocenters. The molecule has 0 aliphatic heterocycles. The monoisotopic (exact) mass is 314 g/mol. The lowest BCUT2D eigenvalue weighted by molar-refractivity contribution is -0.122. The van der Waals surface area contributed by atoms with Crippen molar-refractivity contribution in [1.29, 1.82) is 0 Å². The van der Waals surface area contributed by atoms with Crippen LogP contribution in [0.15, 0.2) is 35.1 Å². The van der Waals surface area contributed by atoms with Gasteiger partial charge in [-0.2, -0.15) is 0 Å². The zero-order valence-corrected chi connectivity index (χ0v) is 13.2. The normalized spacial score (nSPS) is 19.4. The number of aromatic amines is 1. The summed E-state index contributed by atoms with van der Waals surface area (Å²) in [5.74, 6) is -0.432. The van der Waals surface area contributed by atoms with Crippen LogP contribution in [0.2, 0.25) is 0 Å². The molecule has 1 aliphatic carbocycles. The van der Waals surface area contributed by atoms with Gasteiger partial charge in [-0.15, -0.1) is 0 Å². The van der Waals surface area contributed by atoms with Gasteiger partial charge in [-0.3, -0.25) is 9.59 Å². The second kappa shape index (κ2) is 5.99. The number of rotatable bonds is 4. The lowest BCUT2D eigenvalue weighted by atomic mass is 10.1. The maximum atomic E-state index is 13.2. The lowest BCUT2D eigenvalue weighted by Gasteiger charge is -2.08. The molecular formula is C18H19FN2O2. The molecule has 1 amide bonds. The smallest absolute Gasteiger partial charge is 0.253 e. The zero-order valence-electron chi connectivity index (χ0n) is 13.2. The van der Waals surface area contributed by atoms with Crippen molar-refractivity contribution in [2.75, 3.05) is 0 Å². The summed E-state index contributed by atoms with van der Waals surface area (Å²) in [5, 5.41) is 2.82. The van der Waals surface area contributed by atoms with Gasteiger partial charge in [-0.25, -0.2) is 4.39 Å². The highest BCUT2D eigenvalue weighted by molar-refractivity contribution is 5.82. The molecule has 1 heterocycles. The van der Waals surface area contributed by atoms with Gasteiger partial charge >= 0.3 is 0 Å². The molecule has 2 unspecified atom stereocenters. The number of nitrogens with one attached hydrogen (secondary N) is 2. The number of hydrogen-bond donors (Lipinski definition) is 2. The van der Waals surface area contributed by atoms with Crippen molar-refractivity contribution in [3.05, 3.63) is 68.9 Å². The average molecular weight is 314 g/mol. The molecule has 120 valence electrons. The molecule has 1 fully saturated rings. The van der Waals surface area contributed by atoms with Crippen LogP contribution in [0.1, 0.15) is 34.7 Å². The maximum absolute atomic E-state index is 13.2. The summed E-state index contributed by atoms with van der Waals surface area (Å²) in [4.78, 5) is 26.9. The minimum atomic E-state index is -0.282. The molecule has 0 bridgehead atoms. The van der Waals surface area contributed by atoms with Gasteiger partial charge in [0.15, 0.2) is 0 Å². The quantitative estimate of drug-likeness (QED) is 0.911. The Morgan fingerprint density at radius 3 is 2.83 bits per heavy atom. The van der Waals surface area contributed by atoms with Crippen molar-refractivity contribution in [3.63, 3.8) is 0 Å². The van der Waals surface area contributed by atoms with Crippen LogP contribution in [-0.2, 0) is 11.3 Å². The molecule has 1 aromatic carbocycles. The highest BCUT2D eigenvalue weighted by Crippen LogP contribution is 2.47. The number of carbonyl (C=O) groups is 1. The van der Waals surface area contributed by atoms with Gasteiger partial charge in [0.1, 0.15) is 5.82 Å². The number of H-pyrrole nitrogens is 1. The molecular weight excluding hydrogens is 295 g/mol. The van der Waals surface area contributed by atoms with Gasteiger partial charge in [-0.1, -0.05) is 12.1 Å². The van der Waals surface area contributed by atoms with Gasteiger partial charge in [0, 0.05) is 23.7 Å². The van der Waals surface area contributed by atoms with Crippen molar-refractivity contribution in [3.8, 4) is 0 Å². The van der Waals surface area contributed by atoms with E-state index in [9.17, 15) is 14.0 Å². The Balaban J connectivity index is 1.63. The molecule has 4 nitrogen and oxygen atoms in total. The van der Waals surface area contributed by atoms with E-state index >= 15 is 0 Å². The Hall–Kier alpha value is -2.43. The molecule has 2 aromatic rings. The number of benzene rings is 1. The van der Waals surface area contributed by atoms with Crippen LogP contribution in [0.25, 0.3) is 0 Å². The van der Waals surface area contributed by atoms with Crippen LogP contribution >= 0.6 is 0 Å². The fraction of sp³-hybridized carbons (Fsp3) is 0.333. The summed E-state index contributed by atoms with van der Waals surface area (Å²) >= 11 is 0. The fourth-order valence-electron chi connectivity index (χ4n) is 3.00. The number of amides is 1. The van der Waals surface area contributed by atoms with Crippen molar-refractivity contribution < 1.29 is 9.18 Å². The molecule has 3 rings (SSSR count). The second-order valence-corrected chi connectivity index (χ2v) is 6.16. The third kappa shape index (κ3) is 3.33. The Morgan fingerprint density at radius 1 is 1.35 bits per heavy atom. The third-order valence-corrected chi connectivity index (χ3v) is 4.34. The zero-order chi connectivity index (χ0) is 16.6. The van der Waals surface area contributed by atoms with Gasteiger partial charge in [0.25, 0.3) is 5.56 Å². The predicted molar refractivity (Wildman–Crippen MR) is 85.6 cm³/mol. The van der Waals surface area contributed by atoms with Crippen LogP contribution in [0, 0.1) is 25.6 Å². The number of pyridine rings is 1. The first-order valence-electron chi connectivity index (χ1n) is 7.68. The minimum Gasteiger partial charge on any atom is -0.352 e. The molecule has 0 spiro atoms. The van der Waals surface area contributed by atoms with Gasteiger partial charge < -0.3 is 10.3 Å². The van der Waals surface area contributed by atoms with Crippen LogP contribution in [0.3, 0.4) is 0 Å². The summed E-state index contributed by atoms with van der Waals surface area (Å²) in [6, 6.07) is 8.26. The number of aryl methyl sites for hydroxylation is 2. The van der Waals surface area contributed by atoms with E-state index < -0.39 is 0 Å². The number of hydrogen-bond acceptors (Lipinski definition) is 2. The summed E-state index contributed by atoms with van der Waals surface area (Å²) in [5.41, 5.74) is 2.93. The van der Waals surface area contributed by atoms with Crippen molar-refractivity contribution in [1.82, 2.24) is 10.3 Å². The largest absolute Gasteiger partial charge is 0.352 e. The highest BCUT2D eigenvalue weighted by atomic mass is 19.1. The Morgan fingerprint density at radius 2 is 2.13 bits per heavy atom. The van der Waals surface area contributed by atoms with Gasteiger partial charge in [0.05, 0.1) is 0 Å². The third-order valence-electron chi connectivity index (χ3n) is 4.34. The second-order valence-electron chi connectivity index (χ2n) is 6.16. The van der Waals surface area contributed by atoms with E-state index in [1.165, 1.54) is 12.1 Å². The number of halogens is 1. The van der Waals surface area contributed by atoms with Crippen molar-refractivity contribution in [2.24, 2.45) is 5.92 Å². The molecule has 1 aliphatic rings. The molecule has 1 aromatic heterocycles. The Kier molecular flexibility index (Phi) is 4.03. The van der Waals surface area contributed by atoms with Crippen LogP contribution in [-0.4, -0.2) is 10.9 Å². The van der Waals surface area contributed by atoms with Gasteiger partial charge in [-0.05, 0) is 55.5 Å². The molecule has 0 radical (unpaired) electrons. The summed E-state index contributed by atoms with van der Waals surface area (Å²) in [6.45, 7) is 3.90. The number of carbonyl (C=O) groups excluding carboxylic acids is 1. The van der Waals surface area contributed by atoms with E-state index in [-0.39, 0.29) is 35.7 Å². The standard InChI is InChI=1S/C18H19FN2O2/c1-10-6-11(2)21-18(23)16(10)9-20-17(22)15-8-14(15)12-4-3-5-13(19)7-12/h3-7,14-15H,8-9H2,1-2H3,(H,20,22)(H,21,23). The van der Waals surface area contributed by atoms with E-state index in [2.05, 4.69) is 10.3 Å². The predicted octanol–water partition coefficient (Wildman–Crippen LogP) is 2.55. The van der Waals surface area contributed by atoms with Crippen LogP contribution in [0.4, 0.5) is 4.39 Å². The summed E-state index contributed by atoms with van der Waals surface area (Å²) in [7, 11) is 0. The summed E-state index contributed by atoms with van der Waals surface area (Å²) in [6.07, 6.45) is 0.721. The van der Waals surface area contributed by atoms with Crippen molar-refractivity contribution >= 4 is 5.91 Å². The Bertz CT molecular complexity index is 813.